The second-order valence-electron chi connectivity index (χ2n) is 6.55. The highest BCUT2D eigenvalue weighted by Gasteiger charge is 2.11. The number of nitriles is 1. The lowest BCUT2D eigenvalue weighted by Gasteiger charge is -2.09. The van der Waals surface area contributed by atoms with Crippen LogP contribution in [-0.2, 0) is 11.4 Å². The molecule has 0 saturated carbocycles. The molecule has 6 heteroatoms. The van der Waals surface area contributed by atoms with E-state index in [0.717, 1.165) is 10.0 Å². The fourth-order valence-corrected chi connectivity index (χ4v) is 3.31. The van der Waals surface area contributed by atoms with E-state index in [9.17, 15) is 10.1 Å². The van der Waals surface area contributed by atoms with Crippen LogP contribution in [0.5, 0.6) is 11.5 Å². The molecule has 1 amide bonds. The van der Waals surface area contributed by atoms with Gasteiger partial charge in [-0.1, -0.05) is 42.5 Å². The highest BCUT2D eigenvalue weighted by molar-refractivity contribution is 9.10. The average Bonchev–Trinajstić information content (AvgIpc) is 2.78. The lowest BCUT2D eigenvalue weighted by Crippen LogP contribution is -2.13. The zero-order valence-electron chi connectivity index (χ0n) is 17.0. The molecule has 1 N–H and O–H groups in total. The molecule has 3 aromatic rings. The molecule has 3 aromatic carbocycles. The zero-order chi connectivity index (χ0) is 22.1. The van der Waals surface area contributed by atoms with Crippen molar-refractivity contribution in [3.63, 3.8) is 0 Å². The van der Waals surface area contributed by atoms with E-state index in [1.165, 1.54) is 6.08 Å². The van der Waals surface area contributed by atoms with Gasteiger partial charge in [0.1, 0.15) is 29.7 Å². The van der Waals surface area contributed by atoms with Crippen LogP contribution in [0, 0.1) is 11.3 Å². The molecule has 5 nitrogen and oxygen atoms in total. The summed E-state index contributed by atoms with van der Waals surface area (Å²) in [6.45, 7) is 2.86. The number of benzene rings is 3. The van der Waals surface area contributed by atoms with Gasteiger partial charge >= 0.3 is 0 Å². The van der Waals surface area contributed by atoms with E-state index in [-0.39, 0.29) is 5.57 Å². The van der Waals surface area contributed by atoms with Gasteiger partial charge in [-0.15, -0.1) is 0 Å². The molecule has 156 valence electrons. The molecule has 0 unspecified atom stereocenters. The van der Waals surface area contributed by atoms with E-state index in [1.54, 1.807) is 42.5 Å². The maximum Gasteiger partial charge on any atom is 0.266 e. The molecular formula is C25H21BrN2O3. The van der Waals surface area contributed by atoms with Crippen LogP contribution in [0.15, 0.2) is 82.8 Å². The maximum atomic E-state index is 12.5. The van der Waals surface area contributed by atoms with Crippen molar-refractivity contribution in [2.24, 2.45) is 0 Å². The second-order valence-corrected chi connectivity index (χ2v) is 7.40. The lowest BCUT2D eigenvalue weighted by atomic mass is 10.1. The third kappa shape index (κ3) is 6.46. The Labute approximate surface area is 190 Å². The Kier molecular flexibility index (Phi) is 7.85. The minimum absolute atomic E-state index is 0.00772. The van der Waals surface area contributed by atoms with Gasteiger partial charge in [-0.2, -0.15) is 5.26 Å². The van der Waals surface area contributed by atoms with Crippen LogP contribution in [0.2, 0.25) is 0 Å². The van der Waals surface area contributed by atoms with Crippen LogP contribution < -0.4 is 14.8 Å². The van der Waals surface area contributed by atoms with Gasteiger partial charge in [0.05, 0.1) is 11.1 Å². The van der Waals surface area contributed by atoms with E-state index in [4.69, 9.17) is 9.47 Å². The Morgan fingerprint density at radius 3 is 2.58 bits per heavy atom. The Bertz CT molecular complexity index is 1120. The lowest BCUT2D eigenvalue weighted by molar-refractivity contribution is -0.112. The first kappa shape index (κ1) is 22.1. The van der Waals surface area contributed by atoms with Crippen molar-refractivity contribution in [3.8, 4) is 17.6 Å². The van der Waals surface area contributed by atoms with Crippen molar-refractivity contribution in [2.45, 2.75) is 13.5 Å². The van der Waals surface area contributed by atoms with E-state index < -0.39 is 5.91 Å². The Balaban J connectivity index is 1.70. The van der Waals surface area contributed by atoms with Crippen LogP contribution in [0.3, 0.4) is 0 Å². The van der Waals surface area contributed by atoms with Gasteiger partial charge < -0.3 is 14.8 Å². The minimum Gasteiger partial charge on any atom is -0.494 e. The van der Waals surface area contributed by atoms with Gasteiger partial charge in [-0.3, -0.25) is 4.79 Å². The highest BCUT2D eigenvalue weighted by Crippen LogP contribution is 2.28. The first-order valence-corrected chi connectivity index (χ1v) is 10.5. The van der Waals surface area contributed by atoms with Crippen LogP contribution in [-0.4, -0.2) is 12.5 Å². The molecule has 0 aliphatic carbocycles. The molecule has 0 atom stereocenters. The molecule has 0 saturated heterocycles. The fraction of sp³-hybridized carbons (Fsp3) is 0.120. The monoisotopic (exact) mass is 476 g/mol. The van der Waals surface area contributed by atoms with E-state index >= 15 is 0 Å². The Hall–Kier alpha value is -3.56. The molecule has 0 fully saturated rings. The number of hydrogen-bond donors (Lipinski definition) is 1. The number of halogens is 1. The summed E-state index contributed by atoms with van der Waals surface area (Å²) in [5.74, 6) is 0.839. The smallest absolute Gasteiger partial charge is 0.266 e. The fourth-order valence-electron chi connectivity index (χ4n) is 2.80. The van der Waals surface area contributed by atoms with Crippen molar-refractivity contribution in [1.29, 1.82) is 5.26 Å². The summed E-state index contributed by atoms with van der Waals surface area (Å²) >= 11 is 3.49. The summed E-state index contributed by atoms with van der Waals surface area (Å²) in [4.78, 5) is 12.5. The summed E-state index contributed by atoms with van der Waals surface area (Å²) in [7, 11) is 0. The molecule has 0 aromatic heterocycles. The molecule has 31 heavy (non-hydrogen) atoms. The van der Waals surface area contributed by atoms with Gasteiger partial charge in [0, 0.05) is 11.8 Å². The quantitative estimate of drug-likeness (QED) is 0.321. The van der Waals surface area contributed by atoms with E-state index in [0.29, 0.717) is 36.0 Å². The summed E-state index contributed by atoms with van der Waals surface area (Å²) < 4.78 is 12.0. The predicted octanol–water partition coefficient (Wildman–Crippen LogP) is 5.97. The van der Waals surface area contributed by atoms with Gasteiger partial charge in [0.25, 0.3) is 5.91 Å². The number of rotatable bonds is 8. The van der Waals surface area contributed by atoms with Gasteiger partial charge in [0.15, 0.2) is 0 Å². The summed E-state index contributed by atoms with van der Waals surface area (Å²) in [6, 6.07) is 24.3. The van der Waals surface area contributed by atoms with Crippen molar-refractivity contribution in [2.75, 3.05) is 11.9 Å². The SMILES string of the molecule is CCOc1cccc(NC(=O)C(C#N)=Cc2ccc(OCc3ccccc3)c(Br)c2)c1. The average molecular weight is 477 g/mol. The van der Waals surface area contributed by atoms with Crippen LogP contribution in [0.1, 0.15) is 18.1 Å². The van der Waals surface area contributed by atoms with Gasteiger partial charge in [0.2, 0.25) is 0 Å². The molecular weight excluding hydrogens is 456 g/mol. The van der Waals surface area contributed by atoms with Crippen molar-refractivity contribution >= 4 is 33.6 Å². The largest absolute Gasteiger partial charge is 0.494 e. The van der Waals surface area contributed by atoms with E-state index in [2.05, 4.69) is 21.2 Å². The molecule has 0 spiro atoms. The van der Waals surface area contributed by atoms with Gasteiger partial charge in [-0.25, -0.2) is 0 Å². The number of nitrogens with one attached hydrogen (secondary N) is 1. The number of carbonyl (C=O) groups excluding carboxylic acids is 1. The maximum absolute atomic E-state index is 12.5. The minimum atomic E-state index is -0.489. The van der Waals surface area contributed by atoms with Gasteiger partial charge in [-0.05, 0) is 64.3 Å². The van der Waals surface area contributed by atoms with Crippen molar-refractivity contribution in [1.82, 2.24) is 0 Å². The molecule has 0 aliphatic heterocycles. The van der Waals surface area contributed by atoms with Crippen molar-refractivity contribution < 1.29 is 14.3 Å². The Morgan fingerprint density at radius 2 is 1.87 bits per heavy atom. The molecule has 0 aliphatic rings. The third-order valence-electron chi connectivity index (χ3n) is 4.27. The number of carbonyl (C=O) groups is 1. The normalized spacial score (nSPS) is 10.8. The zero-order valence-corrected chi connectivity index (χ0v) is 18.6. The molecule has 3 rings (SSSR count). The summed E-state index contributed by atoms with van der Waals surface area (Å²) in [5, 5.41) is 12.2. The third-order valence-corrected chi connectivity index (χ3v) is 4.89. The summed E-state index contributed by atoms with van der Waals surface area (Å²) in [6.07, 6.45) is 1.54. The topological polar surface area (TPSA) is 71.3 Å². The van der Waals surface area contributed by atoms with Crippen LogP contribution in [0.4, 0.5) is 5.69 Å². The first-order valence-electron chi connectivity index (χ1n) is 9.71. The number of nitrogens with zero attached hydrogens (tertiary/aromatic N) is 1. The number of amides is 1. The van der Waals surface area contributed by atoms with Crippen LogP contribution >= 0.6 is 15.9 Å². The molecule has 0 radical (unpaired) electrons. The molecule has 0 heterocycles. The molecule has 0 bridgehead atoms. The van der Waals surface area contributed by atoms with Crippen LogP contribution in [0.25, 0.3) is 6.08 Å². The Morgan fingerprint density at radius 1 is 1.06 bits per heavy atom. The predicted molar refractivity (Wildman–Crippen MR) is 125 cm³/mol. The first-order chi connectivity index (χ1) is 15.1. The van der Waals surface area contributed by atoms with E-state index in [1.807, 2.05) is 43.3 Å². The number of hydrogen-bond acceptors (Lipinski definition) is 4. The van der Waals surface area contributed by atoms with Crippen molar-refractivity contribution in [3.05, 3.63) is 94.0 Å². The second kappa shape index (κ2) is 11.0. The number of ether oxygens (including phenoxy) is 2. The highest BCUT2D eigenvalue weighted by atomic mass is 79.9. The summed E-state index contributed by atoms with van der Waals surface area (Å²) in [5.41, 5.74) is 2.32. The standard InChI is InChI=1S/C25H21BrN2O3/c1-2-30-22-10-6-9-21(15-22)28-25(29)20(16-27)13-19-11-12-24(23(26)14-19)31-17-18-7-4-3-5-8-18/h3-15H,2,17H2,1H3,(H,28,29). The number of anilines is 1.